The Bertz CT molecular complexity index is 155. The molecule has 0 aromatic heterocycles. The van der Waals surface area contributed by atoms with Crippen LogP contribution in [0.15, 0.2) is 12.2 Å². The highest BCUT2D eigenvalue weighted by Gasteiger charge is 2.02. The van der Waals surface area contributed by atoms with Crippen molar-refractivity contribution in [3.63, 3.8) is 0 Å². The van der Waals surface area contributed by atoms with Gasteiger partial charge in [-0.2, -0.15) is 5.26 Å². The van der Waals surface area contributed by atoms with Gasteiger partial charge < -0.3 is 5.32 Å². The van der Waals surface area contributed by atoms with Crippen molar-refractivity contribution in [3.8, 4) is 6.07 Å². The van der Waals surface area contributed by atoms with Crippen molar-refractivity contribution in [3.05, 3.63) is 12.2 Å². The van der Waals surface area contributed by atoms with Crippen molar-refractivity contribution >= 4 is 0 Å². The van der Waals surface area contributed by atoms with Crippen LogP contribution in [0.3, 0.4) is 0 Å². The van der Waals surface area contributed by atoms with Crippen LogP contribution in [0, 0.1) is 11.3 Å². The fourth-order valence-corrected chi connectivity index (χ4v) is 0.790. The van der Waals surface area contributed by atoms with E-state index in [1.807, 2.05) is 6.92 Å². The predicted molar refractivity (Wildman–Crippen MR) is 47.1 cm³/mol. The zero-order valence-electron chi connectivity index (χ0n) is 7.35. The highest BCUT2D eigenvalue weighted by molar-refractivity contribution is 4.92. The zero-order chi connectivity index (χ0) is 8.69. The number of nitrogens with one attached hydrogen (secondary N) is 1. The maximum absolute atomic E-state index is 8.42. The summed E-state index contributed by atoms with van der Waals surface area (Å²) < 4.78 is 0. The first-order valence-electron chi connectivity index (χ1n) is 3.95. The Hall–Kier alpha value is -0.810. The second-order valence-electron chi connectivity index (χ2n) is 2.81. The van der Waals surface area contributed by atoms with Crippen LogP contribution in [-0.2, 0) is 0 Å². The molecule has 1 unspecified atom stereocenters. The van der Waals surface area contributed by atoms with Gasteiger partial charge in [-0.3, -0.25) is 0 Å². The van der Waals surface area contributed by atoms with Crippen LogP contribution in [0.2, 0.25) is 0 Å². The quantitative estimate of drug-likeness (QED) is 0.610. The minimum Gasteiger partial charge on any atom is -0.309 e. The standard InChI is InChI=1S/C9H16N2/c1-4-9(5-6-10)11-7-8(2)3/h9,11H,2,4-5,7H2,1,3H3. The van der Waals surface area contributed by atoms with Crippen molar-refractivity contribution in [1.82, 2.24) is 5.32 Å². The molecule has 2 nitrogen and oxygen atoms in total. The number of nitrogens with zero attached hydrogens (tertiary/aromatic N) is 1. The molecule has 1 atom stereocenters. The Morgan fingerprint density at radius 2 is 2.36 bits per heavy atom. The second-order valence-corrected chi connectivity index (χ2v) is 2.81. The first kappa shape index (κ1) is 10.2. The highest BCUT2D eigenvalue weighted by atomic mass is 14.9. The summed E-state index contributed by atoms with van der Waals surface area (Å²) in [7, 11) is 0. The van der Waals surface area contributed by atoms with E-state index in [1.54, 1.807) is 0 Å². The van der Waals surface area contributed by atoms with Crippen LogP contribution in [0.5, 0.6) is 0 Å². The summed E-state index contributed by atoms with van der Waals surface area (Å²) >= 11 is 0. The summed E-state index contributed by atoms with van der Waals surface area (Å²) in [5, 5.41) is 11.7. The molecular formula is C9H16N2. The summed E-state index contributed by atoms with van der Waals surface area (Å²) in [5.74, 6) is 0. The molecule has 0 aliphatic heterocycles. The van der Waals surface area contributed by atoms with E-state index in [-0.39, 0.29) is 0 Å². The molecule has 0 saturated carbocycles. The van der Waals surface area contributed by atoms with Gasteiger partial charge in [0, 0.05) is 12.6 Å². The lowest BCUT2D eigenvalue weighted by Crippen LogP contribution is -2.29. The van der Waals surface area contributed by atoms with Crippen molar-refractivity contribution in [2.45, 2.75) is 32.7 Å². The maximum Gasteiger partial charge on any atom is 0.0638 e. The predicted octanol–water partition coefficient (Wildman–Crippen LogP) is 1.84. The smallest absolute Gasteiger partial charge is 0.0638 e. The number of hydrogen-bond donors (Lipinski definition) is 1. The Kier molecular flexibility index (Phi) is 5.50. The Balaban J connectivity index is 3.53. The van der Waals surface area contributed by atoms with E-state index in [9.17, 15) is 0 Å². The topological polar surface area (TPSA) is 35.8 Å². The molecule has 0 aromatic carbocycles. The van der Waals surface area contributed by atoms with Gasteiger partial charge in [0.05, 0.1) is 12.5 Å². The highest BCUT2D eigenvalue weighted by Crippen LogP contribution is 1.96. The lowest BCUT2D eigenvalue weighted by molar-refractivity contribution is 0.528. The number of rotatable bonds is 5. The molecule has 11 heavy (non-hydrogen) atoms. The molecule has 0 bridgehead atoms. The molecule has 0 aromatic rings. The minimum absolute atomic E-state index is 0.330. The van der Waals surface area contributed by atoms with Gasteiger partial charge in [0.1, 0.15) is 0 Å². The first-order valence-corrected chi connectivity index (χ1v) is 3.95. The summed E-state index contributed by atoms with van der Waals surface area (Å²) in [6.07, 6.45) is 1.59. The molecular weight excluding hydrogens is 136 g/mol. The number of nitriles is 1. The molecule has 1 N–H and O–H groups in total. The maximum atomic E-state index is 8.42. The van der Waals surface area contributed by atoms with Gasteiger partial charge in [0.2, 0.25) is 0 Å². The molecule has 0 spiro atoms. The van der Waals surface area contributed by atoms with Gasteiger partial charge in [-0.1, -0.05) is 19.1 Å². The Morgan fingerprint density at radius 1 is 1.73 bits per heavy atom. The average Bonchev–Trinajstić information content (AvgIpc) is 1.97. The molecule has 0 aliphatic rings. The largest absolute Gasteiger partial charge is 0.309 e. The van der Waals surface area contributed by atoms with E-state index in [0.717, 1.165) is 18.5 Å². The van der Waals surface area contributed by atoms with Crippen LogP contribution in [0.25, 0.3) is 0 Å². The van der Waals surface area contributed by atoms with E-state index in [0.29, 0.717) is 12.5 Å². The normalized spacial score (nSPS) is 12.1. The van der Waals surface area contributed by atoms with Gasteiger partial charge in [-0.25, -0.2) is 0 Å². The van der Waals surface area contributed by atoms with Crippen molar-refractivity contribution in [2.24, 2.45) is 0 Å². The Labute approximate surface area is 68.9 Å². The van der Waals surface area contributed by atoms with Crippen molar-refractivity contribution in [2.75, 3.05) is 6.54 Å². The zero-order valence-corrected chi connectivity index (χ0v) is 7.35. The monoisotopic (exact) mass is 152 g/mol. The van der Waals surface area contributed by atoms with E-state index in [1.165, 1.54) is 0 Å². The average molecular weight is 152 g/mol. The van der Waals surface area contributed by atoms with Gasteiger partial charge in [0.25, 0.3) is 0 Å². The lowest BCUT2D eigenvalue weighted by Gasteiger charge is -2.12. The third kappa shape index (κ3) is 5.63. The van der Waals surface area contributed by atoms with E-state index in [4.69, 9.17) is 5.26 Å². The number of hydrogen-bond acceptors (Lipinski definition) is 2. The van der Waals surface area contributed by atoms with Crippen molar-refractivity contribution in [1.29, 1.82) is 5.26 Å². The minimum atomic E-state index is 0.330. The fourth-order valence-electron chi connectivity index (χ4n) is 0.790. The third-order valence-electron chi connectivity index (χ3n) is 1.52. The molecule has 0 aliphatic carbocycles. The second kappa shape index (κ2) is 5.94. The molecule has 0 rings (SSSR count). The van der Waals surface area contributed by atoms with Gasteiger partial charge >= 0.3 is 0 Å². The summed E-state index contributed by atoms with van der Waals surface area (Å²) in [6, 6.07) is 2.48. The summed E-state index contributed by atoms with van der Waals surface area (Å²) in [6.45, 7) is 8.65. The van der Waals surface area contributed by atoms with Crippen LogP contribution in [0.4, 0.5) is 0 Å². The van der Waals surface area contributed by atoms with Gasteiger partial charge in [0.15, 0.2) is 0 Å². The van der Waals surface area contributed by atoms with Crippen LogP contribution in [-0.4, -0.2) is 12.6 Å². The van der Waals surface area contributed by atoms with E-state index in [2.05, 4.69) is 24.9 Å². The summed E-state index contributed by atoms with van der Waals surface area (Å²) in [4.78, 5) is 0. The molecule has 62 valence electrons. The lowest BCUT2D eigenvalue weighted by atomic mass is 10.1. The third-order valence-corrected chi connectivity index (χ3v) is 1.52. The molecule has 0 amide bonds. The molecule has 0 fully saturated rings. The molecule has 2 heteroatoms. The summed E-state index contributed by atoms with van der Waals surface area (Å²) in [5.41, 5.74) is 1.11. The van der Waals surface area contributed by atoms with E-state index >= 15 is 0 Å². The molecule has 0 radical (unpaired) electrons. The SMILES string of the molecule is C=C(C)CNC(CC)CC#N. The van der Waals surface area contributed by atoms with Crippen molar-refractivity contribution < 1.29 is 0 Å². The van der Waals surface area contributed by atoms with Crippen LogP contribution >= 0.6 is 0 Å². The first-order chi connectivity index (χ1) is 5.20. The molecule has 0 heterocycles. The van der Waals surface area contributed by atoms with Gasteiger partial charge in [-0.05, 0) is 13.3 Å². The van der Waals surface area contributed by atoms with Crippen LogP contribution in [0.1, 0.15) is 26.7 Å². The Morgan fingerprint density at radius 3 is 2.73 bits per heavy atom. The fraction of sp³-hybridized carbons (Fsp3) is 0.667. The van der Waals surface area contributed by atoms with E-state index < -0.39 is 0 Å². The van der Waals surface area contributed by atoms with Gasteiger partial charge in [-0.15, -0.1) is 0 Å². The molecule has 0 saturated heterocycles. The van der Waals surface area contributed by atoms with Crippen LogP contribution < -0.4 is 5.32 Å².